The van der Waals surface area contributed by atoms with Crippen LogP contribution in [0.25, 0.3) is 28.1 Å². The Morgan fingerprint density at radius 2 is 1.90 bits per heavy atom. The van der Waals surface area contributed by atoms with Crippen molar-refractivity contribution in [3.05, 3.63) is 54.7 Å². The lowest BCUT2D eigenvalue weighted by Gasteiger charge is -2.21. The molecular weight excluding hydrogens is 369 g/mol. The standard InChI is InChI=1S/C22H22FN5O/c1-27-13-10-16(23)18(11-14-27)29-19-6-4-5-15-8-9-17(24-21(15)19)22-26-25-20-7-2-3-12-28(20)22/h2-9,12,16,18H,10-11,13-14H2,1H3. The summed E-state index contributed by atoms with van der Waals surface area (Å²) in [4.78, 5) is 6.96. The Balaban J connectivity index is 1.54. The predicted octanol–water partition coefficient (Wildman–Crippen LogP) is 3.76. The highest BCUT2D eigenvalue weighted by molar-refractivity contribution is 5.86. The zero-order valence-corrected chi connectivity index (χ0v) is 16.2. The molecule has 0 N–H and O–H groups in total. The number of hydrogen-bond donors (Lipinski definition) is 0. The number of rotatable bonds is 3. The maximum absolute atomic E-state index is 14.7. The Hall–Kier alpha value is -3.06. The molecule has 148 valence electrons. The SMILES string of the molecule is CN1CCC(F)C(Oc2cccc3ccc(-c4nnc5ccccn45)nc23)CC1. The second kappa shape index (κ2) is 7.40. The van der Waals surface area contributed by atoms with E-state index in [1.807, 2.05) is 66.2 Å². The summed E-state index contributed by atoms with van der Waals surface area (Å²) in [5.74, 6) is 1.27. The first-order valence-corrected chi connectivity index (χ1v) is 9.88. The van der Waals surface area contributed by atoms with Crippen LogP contribution in [-0.4, -0.2) is 56.9 Å². The van der Waals surface area contributed by atoms with Crippen LogP contribution < -0.4 is 4.74 Å². The van der Waals surface area contributed by atoms with Gasteiger partial charge in [-0.25, -0.2) is 9.37 Å². The van der Waals surface area contributed by atoms with Gasteiger partial charge in [0.05, 0.1) is 0 Å². The van der Waals surface area contributed by atoms with Crippen LogP contribution in [0.4, 0.5) is 4.39 Å². The van der Waals surface area contributed by atoms with Crippen LogP contribution in [-0.2, 0) is 0 Å². The highest BCUT2D eigenvalue weighted by atomic mass is 19.1. The van der Waals surface area contributed by atoms with Gasteiger partial charge in [0.15, 0.2) is 11.5 Å². The molecule has 0 radical (unpaired) electrons. The van der Waals surface area contributed by atoms with Crippen LogP contribution in [0.1, 0.15) is 12.8 Å². The fraction of sp³-hybridized carbons (Fsp3) is 0.318. The summed E-state index contributed by atoms with van der Waals surface area (Å²) in [5.41, 5.74) is 2.17. The van der Waals surface area contributed by atoms with Gasteiger partial charge in [0.1, 0.15) is 29.2 Å². The summed E-state index contributed by atoms with van der Waals surface area (Å²) in [6.45, 7) is 1.57. The number of benzene rings is 1. The Morgan fingerprint density at radius 3 is 2.83 bits per heavy atom. The van der Waals surface area contributed by atoms with Crippen molar-refractivity contribution >= 4 is 16.6 Å². The van der Waals surface area contributed by atoms with Crippen LogP contribution in [0, 0.1) is 0 Å². The minimum Gasteiger partial charge on any atom is -0.485 e. The minimum atomic E-state index is -0.987. The number of fused-ring (bicyclic) bond motifs is 2. The zero-order valence-electron chi connectivity index (χ0n) is 16.2. The normalized spacial score (nSPS) is 20.8. The third kappa shape index (κ3) is 3.42. The molecule has 2 unspecified atom stereocenters. The summed E-state index contributed by atoms with van der Waals surface area (Å²) < 4.78 is 22.7. The number of aromatic nitrogens is 4. The quantitative estimate of drug-likeness (QED) is 0.532. The maximum atomic E-state index is 14.7. The minimum absolute atomic E-state index is 0.468. The van der Waals surface area contributed by atoms with Crippen molar-refractivity contribution in [2.24, 2.45) is 0 Å². The molecule has 1 aliphatic heterocycles. The van der Waals surface area contributed by atoms with Gasteiger partial charge >= 0.3 is 0 Å². The summed E-state index contributed by atoms with van der Waals surface area (Å²) in [5, 5.41) is 9.45. The molecule has 6 nitrogen and oxygen atoms in total. The molecule has 29 heavy (non-hydrogen) atoms. The molecule has 0 amide bonds. The van der Waals surface area contributed by atoms with Crippen LogP contribution in [0.5, 0.6) is 5.75 Å². The molecule has 2 atom stereocenters. The second-order valence-corrected chi connectivity index (χ2v) is 7.53. The molecule has 0 spiro atoms. The molecule has 1 saturated heterocycles. The third-order valence-electron chi connectivity index (χ3n) is 5.49. The van der Waals surface area contributed by atoms with Crippen LogP contribution >= 0.6 is 0 Å². The van der Waals surface area contributed by atoms with E-state index in [-0.39, 0.29) is 0 Å². The number of likely N-dealkylation sites (tertiary alicyclic amines) is 1. The Bertz CT molecular complexity index is 1160. The fourth-order valence-corrected chi connectivity index (χ4v) is 3.82. The van der Waals surface area contributed by atoms with Gasteiger partial charge in [-0.2, -0.15) is 0 Å². The van der Waals surface area contributed by atoms with E-state index >= 15 is 0 Å². The highest BCUT2D eigenvalue weighted by Crippen LogP contribution is 2.30. The molecule has 4 heterocycles. The van der Waals surface area contributed by atoms with E-state index in [0.717, 1.165) is 24.1 Å². The number of para-hydroxylation sites is 1. The van der Waals surface area contributed by atoms with Crippen molar-refractivity contribution in [3.8, 4) is 17.3 Å². The summed E-state index contributed by atoms with van der Waals surface area (Å²) in [6, 6.07) is 15.4. The van der Waals surface area contributed by atoms with Crippen LogP contribution in [0.3, 0.4) is 0 Å². The van der Waals surface area contributed by atoms with E-state index in [4.69, 9.17) is 9.72 Å². The zero-order chi connectivity index (χ0) is 19.8. The molecule has 4 aromatic rings. The first kappa shape index (κ1) is 18.0. The second-order valence-electron chi connectivity index (χ2n) is 7.53. The molecule has 7 heteroatoms. The number of nitrogens with zero attached hydrogens (tertiary/aromatic N) is 5. The molecule has 0 bridgehead atoms. The number of pyridine rings is 2. The van der Waals surface area contributed by atoms with E-state index in [1.165, 1.54) is 0 Å². The topological polar surface area (TPSA) is 55.5 Å². The van der Waals surface area contributed by atoms with Gasteiger partial charge in [-0.15, -0.1) is 10.2 Å². The maximum Gasteiger partial charge on any atom is 0.187 e. The van der Waals surface area contributed by atoms with E-state index in [0.29, 0.717) is 35.6 Å². The Morgan fingerprint density at radius 1 is 1.00 bits per heavy atom. The Labute approximate surface area is 168 Å². The summed E-state index contributed by atoms with van der Waals surface area (Å²) >= 11 is 0. The molecule has 1 aromatic carbocycles. The van der Waals surface area contributed by atoms with E-state index < -0.39 is 12.3 Å². The molecule has 0 saturated carbocycles. The molecule has 3 aromatic heterocycles. The number of ether oxygens (including phenoxy) is 1. The van der Waals surface area contributed by atoms with Crippen molar-refractivity contribution in [1.82, 2.24) is 24.5 Å². The molecule has 0 aliphatic carbocycles. The lowest BCUT2D eigenvalue weighted by atomic mass is 10.1. The van der Waals surface area contributed by atoms with E-state index in [9.17, 15) is 4.39 Å². The van der Waals surface area contributed by atoms with Crippen LogP contribution in [0.2, 0.25) is 0 Å². The van der Waals surface area contributed by atoms with Crippen molar-refractivity contribution in [2.45, 2.75) is 25.1 Å². The average Bonchev–Trinajstić information content (AvgIpc) is 3.12. The van der Waals surface area contributed by atoms with Gasteiger partial charge in [0.25, 0.3) is 0 Å². The summed E-state index contributed by atoms with van der Waals surface area (Å²) in [6.07, 6.45) is 1.59. The third-order valence-corrected chi connectivity index (χ3v) is 5.49. The highest BCUT2D eigenvalue weighted by Gasteiger charge is 2.27. The first-order valence-electron chi connectivity index (χ1n) is 9.88. The van der Waals surface area contributed by atoms with Gasteiger partial charge < -0.3 is 9.64 Å². The number of halogens is 1. The van der Waals surface area contributed by atoms with Gasteiger partial charge in [0.2, 0.25) is 0 Å². The largest absolute Gasteiger partial charge is 0.485 e. The number of alkyl halides is 1. The van der Waals surface area contributed by atoms with Gasteiger partial charge in [-0.1, -0.05) is 24.3 Å². The van der Waals surface area contributed by atoms with Gasteiger partial charge in [-0.05, 0) is 44.2 Å². The molecule has 1 aliphatic rings. The van der Waals surface area contributed by atoms with Crippen molar-refractivity contribution in [3.63, 3.8) is 0 Å². The average molecular weight is 391 g/mol. The van der Waals surface area contributed by atoms with Crippen LogP contribution in [0.15, 0.2) is 54.7 Å². The van der Waals surface area contributed by atoms with Crippen molar-refractivity contribution < 1.29 is 9.13 Å². The predicted molar refractivity (Wildman–Crippen MR) is 110 cm³/mol. The first-order chi connectivity index (χ1) is 14.2. The molecule has 1 fully saturated rings. The fourth-order valence-electron chi connectivity index (χ4n) is 3.82. The molecule has 5 rings (SSSR count). The lowest BCUT2D eigenvalue weighted by molar-refractivity contribution is 0.0982. The molecular formula is C22H22FN5O. The number of hydrogen-bond acceptors (Lipinski definition) is 5. The van der Waals surface area contributed by atoms with Gasteiger partial charge in [0, 0.05) is 24.7 Å². The van der Waals surface area contributed by atoms with Crippen molar-refractivity contribution in [2.75, 3.05) is 20.1 Å². The summed E-state index contributed by atoms with van der Waals surface area (Å²) in [7, 11) is 2.02. The Kier molecular flexibility index (Phi) is 4.60. The smallest absolute Gasteiger partial charge is 0.187 e. The van der Waals surface area contributed by atoms with E-state index in [1.54, 1.807) is 0 Å². The monoisotopic (exact) mass is 391 g/mol. The van der Waals surface area contributed by atoms with Gasteiger partial charge in [-0.3, -0.25) is 4.40 Å². The van der Waals surface area contributed by atoms with E-state index in [2.05, 4.69) is 15.1 Å². The lowest BCUT2D eigenvalue weighted by Crippen LogP contribution is -2.28. The van der Waals surface area contributed by atoms with Crippen molar-refractivity contribution in [1.29, 1.82) is 0 Å².